The fourth-order valence-corrected chi connectivity index (χ4v) is 3.71. The molecular weight excluding hydrogens is 222 g/mol. The van der Waals surface area contributed by atoms with Gasteiger partial charge in [-0.1, -0.05) is 18.9 Å². The van der Waals surface area contributed by atoms with Crippen molar-refractivity contribution in [1.29, 1.82) is 0 Å². The second-order valence-corrected chi connectivity index (χ2v) is 5.62. The van der Waals surface area contributed by atoms with Crippen molar-refractivity contribution in [3.05, 3.63) is 23.9 Å². The zero-order chi connectivity index (χ0) is 12.4. The Balaban J connectivity index is 1.86. The largest absolute Gasteiger partial charge is 0.353 e. The number of nitrogens with zero attached hydrogens (tertiary/aromatic N) is 2. The summed E-state index contributed by atoms with van der Waals surface area (Å²) in [4.78, 5) is 7.21. The molecule has 0 bridgehead atoms. The first-order chi connectivity index (χ1) is 8.90. The van der Waals surface area contributed by atoms with Gasteiger partial charge in [-0.2, -0.15) is 0 Å². The topological polar surface area (TPSA) is 42.1 Å². The SMILES string of the molecule is NCCc1cccnc1N1CCC2CCCCC21. The average molecular weight is 245 g/mol. The maximum Gasteiger partial charge on any atom is 0.132 e. The quantitative estimate of drug-likeness (QED) is 0.889. The number of aromatic nitrogens is 1. The van der Waals surface area contributed by atoms with E-state index in [0.29, 0.717) is 6.54 Å². The molecule has 0 spiro atoms. The van der Waals surface area contributed by atoms with Gasteiger partial charge in [-0.25, -0.2) is 4.98 Å². The normalized spacial score (nSPS) is 27.3. The Bertz CT molecular complexity index is 404. The first kappa shape index (κ1) is 12.0. The molecule has 1 aromatic rings. The predicted octanol–water partition coefficient (Wildman–Crippen LogP) is 2.35. The molecule has 2 atom stereocenters. The van der Waals surface area contributed by atoms with Gasteiger partial charge in [0.1, 0.15) is 5.82 Å². The highest BCUT2D eigenvalue weighted by molar-refractivity contribution is 5.49. The Hall–Kier alpha value is -1.09. The molecular formula is C15H23N3. The van der Waals surface area contributed by atoms with E-state index in [1.165, 1.54) is 50.0 Å². The lowest BCUT2D eigenvalue weighted by atomic mass is 9.85. The zero-order valence-corrected chi connectivity index (χ0v) is 11.0. The molecule has 3 heteroatoms. The Morgan fingerprint density at radius 3 is 3.06 bits per heavy atom. The molecule has 1 aliphatic heterocycles. The summed E-state index contributed by atoms with van der Waals surface area (Å²) in [7, 11) is 0. The van der Waals surface area contributed by atoms with Gasteiger partial charge in [0.05, 0.1) is 0 Å². The summed E-state index contributed by atoms with van der Waals surface area (Å²) in [6.45, 7) is 1.89. The van der Waals surface area contributed by atoms with Crippen LogP contribution < -0.4 is 10.6 Å². The van der Waals surface area contributed by atoms with Crippen LogP contribution in [0.25, 0.3) is 0 Å². The van der Waals surface area contributed by atoms with E-state index in [9.17, 15) is 0 Å². The summed E-state index contributed by atoms with van der Waals surface area (Å²) in [5, 5.41) is 0. The van der Waals surface area contributed by atoms with Crippen LogP contribution in [-0.2, 0) is 6.42 Å². The van der Waals surface area contributed by atoms with Gasteiger partial charge in [0.2, 0.25) is 0 Å². The van der Waals surface area contributed by atoms with Gasteiger partial charge in [0.15, 0.2) is 0 Å². The third-order valence-electron chi connectivity index (χ3n) is 4.56. The monoisotopic (exact) mass is 245 g/mol. The van der Waals surface area contributed by atoms with Crippen LogP contribution in [0.15, 0.2) is 18.3 Å². The Morgan fingerprint density at radius 1 is 1.28 bits per heavy atom. The smallest absolute Gasteiger partial charge is 0.132 e. The van der Waals surface area contributed by atoms with Gasteiger partial charge in [0.25, 0.3) is 0 Å². The van der Waals surface area contributed by atoms with E-state index < -0.39 is 0 Å². The highest BCUT2D eigenvalue weighted by Crippen LogP contribution is 2.39. The highest BCUT2D eigenvalue weighted by atomic mass is 15.2. The zero-order valence-electron chi connectivity index (χ0n) is 11.0. The van der Waals surface area contributed by atoms with E-state index in [2.05, 4.69) is 16.0 Å². The van der Waals surface area contributed by atoms with Crippen molar-refractivity contribution in [1.82, 2.24) is 4.98 Å². The van der Waals surface area contributed by atoms with Crippen LogP contribution in [0.4, 0.5) is 5.82 Å². The molecule has 1 saturated heterocycles. The maximum atomic E-state index is 5.71. The van der Waals surface area contributed by atoms with Crippen molar-refractivity contribution in [2.24, 2.45) is 11.7 Å². The van der Waals surface area contributed by atoms with Crippen LogP contribution in [0.1, 0.15) is 37.7 Å². The summed E-state index contributed by atoms with van der Waals surface area (Å²) in [6.07, 6.45) is 9.79. The van der Waals surface area contributed by atoms with Crippen LogP contribution >= 0.6 is 0 Å². The summed E-state index contributed by atoms with van der Waals surface area (Å²) < 4.78 is 0. The molecule has 2 N–H and O–H groups in total. The van der Waals surface area contributed by atoms with Crippen LogP contribution in [0.3, 0.4) is 0 Å². The van der Waals surface area contributed by atoms with Crippen molar-refractivity contribution >= 4 is 5.82 Å². The van der Waals surface area contributed by atoms with E-state index in [-0.39, 0.29) is 0 Å². The Morgan fingerprint density at radius 2 is 2.17 bits per heavy atom. The molecule has 1 aromatic heterocycles. The molecule has 1 aliphatic carbocycles. The number of anilines is 1. The summed E-state index contributed by atoms with van der Waals surface area (Å²) in [5.41, 5.74) is 7.04. The minimum absolute atomic E-state index is 0.709. The second kappa shape index (κ2) is 5.27. The van der Waals surface area contributed by atoms with Crippen LogP contribution in [-0.4, -0.2) is 24.1 Å². The first-order valence-electron chi connectivity index (χ1n) is 7.31. The van der Waals surface area contributed by atoms with Gasteiger partial charge in [-0.05, 0) is 49.8 Å². The molecule has 2 aliphatic rings. The third-order valence-corrected chi connectivity index (χ3v) is 4.56. The molecule has 2 heterocycles. The average Bonchev–Trinajstić information content (AvgIpc) is 2.84. The fraction of sp³-hybridized carbons (Fsp3) is 0.667. The standard InChI is InChI=1S/C15H23N3/c16-9-7-13-5-3-10-17-15(13)18-11-8-12-4-1-2-6-14(12)18/h3,5,10,12,14H,1-2,4,6-9,11,16H2. The minimum atomic E-state index is 0.709. The molecule has 0 radical (unpaired) electrons. The Labute approximate surface area is 109 Å². The van der Waals surface area contributed by atoms with Gasteiger partial charge >= 0.3 is 0 Å². The van der Waals surface area contributed by atoms with Crippen molar-refractivity contribution in [2.45, 2.75) is 44.6 Å². The molecule has 0 aromatic carbocycles. The lowest BCUT2D eigenvalue weighted by molar-refractivity contribution is 0.341. The van der Waals surface area contributed by atoms with Gasteiger partial charge < -0.3 is 10.6 Å². The predicted molar refractivity (Wildman–Crippen MR) is 74.7 cm³/mol. The van der Waals surface area contributed by atoms with Crippen molar-refractivity contribution < 1.29 is 0 Å². The minimum Gasteiger partial charge on any atom is -0.353 e. The van der Waals surface area contributed by atoms with E-state index >= 15 is 0 Å². The number of nitrogens with two attached hydrogens (primary N) is 1. The molecule has 2 fully saturated rings. The van der Waals surface area contributed by atoms with E-state index in [4.69, 9.17) is 5.73 Å². The summed E-state index contributed by atoms with van der Waals surface area (Å²) >= 11 is 0. The van der Waals surface area contributed by atoms with Crippen LogP contribution in [0.5, 0.6) is 0 Å². The number of rotatable bonds is 3. The molecule has 3 nitrogen and oxygen atoms in total. The highest BCUT2D eigenvalue weighted by Gasteiger charge is 2.36. The van der Waals surface area contributed by atoms with Gasteiger partial charge in [0, 0.05) is 18.8 Å². The summed E-state index contributed by atoms with van der Waals surface area (Å²) in [5.74, 6) is 2.11. The van der Waals surface area contributed by atoms with Gasteiger partial charge in [-0.15, -0.1) is 0 Å². The first-order valence-corrected chi connectivity index (χ1v) is 7.31. The second-order valence-electron chi connectivity index (χ2n) is 5.62. The summed E-state index contributed by atoms with van der Waals surface area (Å²) in [6, 6.07) is 4.96. The van der Waals surface area contributed by atoms with Crippen molar-refractivity contribution in [2.75, 3.05) is 18.0 Å². The number of fused-ring (bicyclic) bond motifs is 1. The fourth-order valence-electron chi connectivity index (χ4n) is 3.71. The molecule has 0 amide bonds. The number of pyridine rings is 1. The van der Waals surface area contributed by atoms with Crippen molar-refractivity contribution in [3.8, 4) is 0 Å². The molecule has 18 heavy (non-hydrogen) atoms. The molecule has 98 valence electrons. The lowest BCUT2D eigenvalue weighted by Crippen LogP contribution is -2.36. The van der Waals surface area contributed by atoms with E-state index in [1.54, 1.807) is 0 Å². The van der Waals surface area contributed by atoms with Gasteiger partial charge in [-0.3, -0.25) is 0 Å². The molecule has 3 rings (SSSR count). The van der Waals surface area contributed by atoms with Crippen LogP contribution in [0.2, 0.25) is 0 Å². The van der Waals surface area contributed by atoms with E-state index in [0.717, 1.165) is 18.4 Å². The third kappa shape index (κ3) is 2.12. The Kier molecular flexibility index (Phi) is 3.50. The maximum absolute atomic E-state index is 5.71. The van der Waals surface area contributed by atoms with Crippen LogP contribution in [0, 0.1) is 5.92 Å². The van der Waals surface area contributed by atoms with Crippen molar-refractivity contribution in [3.63, 3.8) is 0 Å². The lowest BCUT2D eigenvalue weighted by Gasteiger charge is -2.33. The molecule has 1 saturated carbocycles. The number of hydrogen-bond acceptors (Lipinski definition) is 3. The molecule has 2 unspecified atom stereocenters. The number of hydrogen-bond donors (Lipinski definition) is 1. The van der Waals surface area contributed by atoms with E-state index in [1.807, 2.05) is 12.3 Å².